The van der Waals surface area contributed by atoms with Crippen LogP contribution in [0.4, 0.5) is 11.4 Å². The number of halogens is 1. The molecule has 1 aliphatic heterocycles. The molecule has 1 atom stereocenters. The topological polar surface area (TPSA) is 47.9 Å². The second-order valence-corrected chi connectivity index (χ2v) is 15.2. The van der Waals surface area contributed by atoms with Crippen LogP contribution >= 0.6 is 0 Å². The number of benzene rings is 7. The van der Waals surface area contributed by atoms with Crippen LogP contribution in [0.15, 0.2) is 158 Å². The van der Waals surface area contributed by atoms with Crippen molar-refractivity contribution in [3.63, 3.8) is 0 Å². The predicted molar refractivity (Wildman–Crippen MR) is 197 cm³/mol. The van der Waals surface area contributed by atoms with E-state index in [4.69, 9.17) is 5.73 Å². The van der Waals surface area contributed by atoms with E-state index in [9.17, 15) is 0 Å². The molecule has 3 N–H and O–H groups in total. The molecule has 0 bridgehead atoms. The van der Waals surface area contributed by atoms with Crippen molar-refractivity contribution < 1.29 is 21.5 Å². The van der Waals surface area contributed by atoms with Gasteiger partial charge in [0.1, 0.15) is 0 Å². The number of rotatable bonds is 5. The van der Waals surface area contributed by atoms with Crippen LogP contribution in [0.1, 0.15) is 9.61 Å². The summed E-state index contributed by atoms with van der Waals surface area (Å²) in [7, 11) is 0. The van der Waals surface area contributed by atoms with Crippen molar-refractivity contribution in [3.8, 4) is 27.9 Å². The third-order valence-electron chi connectivity index (χ3n) is 9.67. The molecule has 5 heteroatoms. The van der Waals surface area contributed by atoms with Crippen LogP contribution in [0.3, 0.4) is 0 Å². The van der Waals surface area contributed by atoms with Crippen molar-refractivity contribution in [3.05, 3.63) is 163 Å². The number of hydrogen-bond acceptors (Lipinski definition) is 2. The number of aromatic nitrogens is 2. The van der Waals surface area contributed by atoms with Gasteiger partial charge in [-0.3, -0.25) is 0 Å². The van der Waals surface area contributed by atoms with Crippen LogP contribution < -0.4 is 32.5 Å². The molecule has 0 saturated heterocycles. The average Bonchev–Trinajstić information content (AvgIpc) is 3.78. The summed E-state index contributed by atoms with van der Waals surface area (Å²) in [6, 6.07) is 56.9. The van der Waals surface area contributed by atoms with Gasteiger partial charge < -0.3 is 0 Å². The van der Waals surface area contributed by atoms with E-state index in [2.05, 4.69) is 164 Å². The first-order chi connectivity index (χ1) is 23.7. The summed E-state index contributed by atoms with van der Waals surface area (Å²) >= 11 is -0.447. The molecule has 0 saturated carbocycles. The van der Waals surface area contributed by atoms with Gasteiger partial charge in [0.2, 0.25) is 0 Å². The second kappa shape index (κ2) is 10.8. The molecular formula is C43H30IN4-. The monoisotopic (exact) mass is 729 g/mol. The molecule has 3 heterocycles. The average molecular weight is 730 g/mol. The number of nitrogens with zero attached hydrogens (tertiary/aromatic N) is 2. The molecule has 0 amide bonds. The molecule has 0 spiro atoms. The Morgan fingerprint density at radius 3 is 1.94 bits per heavy atom. The van der Waals surface area contributed by atoms with E-state index >= 15 is 0 Å². The van der Waals surface area contributed by atoms with Crippen LogP contribution in [0.2, 0.25) is 0 Å². The number of hydrogen-bond donors (Lipinski definition) is 2. The van der Waals surface area contributed by atoms with Crippen molar-refractivity contribution in [1.82, 2.24) is 7.35 Å². The normalized spacial score (nSPS) is 14.2. The Labute approximate surface area is 288 Å². The second-order valence-electron chi connectivity index (χ2n) is 12.5. The van der Waals surface area contributed by atoms with Crippen LogP contribution in [-0.4, -0.2) is 7.35 Å². The van der Waals surface area contributed by atoms with Crippen molar-refractivity contribution in [2.24, 2.45) is 0 Å². The summed E-state index contributed by atoms with van der Waals surface area (Å²) in [5.74, 6) is 0. The Balaban J connectivity index is 1.13. The first-order valence-corrected chi connectivity index (χ1v) is 18.4. The van der Waals surface area contributed by atoms with E-state index in [1.807, 2.05) is 6.07 Å². The fraction of sp³-hybridized carbons (Fsp3) is 0.0233. The summed E-state index contributed by atoms with van der Waals surface area (Å²) in [6.45, 7) is 0. The number of para-hydroxylation sites is 3. The standard InChI is InChI=1S/C43H30IN4/c45-37-25-28(27-11-3-1-4-12-27)20-22-38(37)46-43-36-24-30(23-35-33-16-8-10-18-40(33)48(44-43)42(35)36)29-19-21-34-32-15-7-9-17-39(32)47(41(34)26-29)31-13-5-2-6-14-31/h1-26,43,46H,45H2/q-1. The van der Waals surface area contributed by atoms with Gasteiger partial charge in [-0.1, -0.05) is 0 Å². The maximum absolute atomic E-state index is 6.71. The van der Waals surface area contributed by atoms with Gasteiger partial charge >= 0.3 is 290 Å². The van der Waals surface area contributed by atoms with Gasteiger partial charge in [0.05, 0.1) is 0 Å². The van der Waals surface area contributed by atoms with Crippen molar-refractivity contribution in [1.29, 1.82) is 0 Å². The zero-order chi connectivity index (χ0) is 31.8. The summed E-state index contributed by atoms with van der Waals surface area (Å²) in [5.41, 5.74) is 20.8. The molecule has 2 aromatic heterocycles. The first kappa shape index (κ1) is 27.6. The van der Waals surface area contributed by atoms with Gasteiger partial charge in [0.25, 0.3) is 0 Å². The third-order valence-corrected chi connectivity index (χ3v) is 12.8. The van der Waals surface area contributed by atoms with E-state index in [0.717, 1.165) is 16.9 Å². The van der Waals surface area contributed by atoms with Crippen molar-refractivity contribution in [2.75, 3.05) is 11.1 Å². The van der Waals surface area contributed by atoms with E-state index in [-0.39, 0.29) is 4.05 Å². The van der Waals surface area contributed by atoms with Gasteiger partial charge in [-0.15, -0.1) is 0 Å². The van der Waals surface area contributed by atoms with Gasteiger partial charge in [0.15, 0.2) is 0 Å². The zero-order valence-corrected chi connectivity index (χ0v) is 28.1. The van der Waals surface area contributed by atoms with E-state index in [0.29, 0.717) is 0 Å². The minimum absolute atomic E-state index is 0.190. The molecule has 4 nitrogen and oxygen atoms in total. The van der Waals surface area contributed by atoms with Crippen LogP contribution in [-0.2, 0) is 0 Å². The molecule has 230 valence electrons. The van der Waals surface area contributed by atoms with Gasteiger partial charge in [0, 0.05) is 0 Å². The molecule has 1 aliphatic rings. The first-order valence-electron chi connectivity index (χ1n) is 16.2. The number of fused-ring (bicyclic) bond motifs is 6. The van der Waals surface area contributed by atoms with E-state index < -0.39 is 21.5 Å². The summed E-state index contributed by atoms with van der Waals surface area (Å²) in [6.07, 6.45) is 0. The summed E-state index contributed by atoms with van der Waals surface area (Å²) < 4.78 is 5.18. The molecule has 10 rings (SSSR count). The van der Waals surface area contributed by atoms with Crippen LogP contribution in [0.25, 0.3) is 71.6 Å². The number of nitrogens with two attached hydrogens (primary N) is 1. The predicted octanol–water partition coefficient (Wildman–Crippen LogP) is 7.78. The molecule has 1 unspecified atom stereocenters. The van der Waals surface area contributed by atoms with E-state index in [1.54, 1.807) is 0 Å². The van der Waals surface area contributed by atoms with Crippen molar-refractivity contribution >= 4 is 55.0 Å². The Kier molecular flexibility index (Phi) is 6.18. The van der Waals surface area contributed by atoms with Gasteiger partial charge in [-0.2, -0.15) is 0 Å². The summed E-state index contributed by atoms with van der Waals surface area (Å²) in [4.78, 5) is 0. The van der Waals surface area contributed by atoms with Crippen molar-refractivity contribution in [2.45, 2.75) is 4.05 Å². The molecule has 0 aliphatic carbocycles. The molecule has 0 radical (unpaired) electrons. The van der Waals surface area contributed by atoms with Gasteiger partial charge in [-0.25, -0.2) is 0 Å². The van der Waals surface area contributed by atoms with Gasteiger partial charge in [-0.05, 0) is 0 Å². The number of anilines is 2. The molecule has 7 aromatic carbocycles. The molecule has 9 aromatic rings. The number of alkyl halides is 1. The molecular weight excluding hydrogens is 699 g/mol. The third kappa shape index (κ3) is 4.20. The number of nitrogen functional groups attached to an aromatic ring is 1. The van der Waals surface area contributed by atoms with E-state index in [1.165, 1.54) is 71.6 Å². The quantitative estimate of drug-likeness (QED) is 0.0824. The maximum atomic E-state index is 6.71. The Hall–Kier alpha value is -5.53. The zero-order valence-electron chi connectivity index (χ0n) is 25.9. The molecule has 48 heavy (non-hydrogen) atoms. The summed E-state index contributed by atoms with van der Waals surface area (Å²) in [5, 5.41) is 9.07. The fourth-order valence-electron chi connectivity index (χ4n) is 7.43. The Morgan fingerprint density at radius 2 is 1.15 bits per heavy atom. The number of nitrogens with one attached hydrogen (secondary N) is 1. The fourth-order valence-corrected chi connectivity index (χ4v) is 10.8. The van der Waals surface area contributed by atoms with Crippen LogP contribution in [0, 0.1) is 0 Å². The SMILES string of the molecule is Nc1cc(-c2ccccc2)ccc1NC1[I-]n2c3ccccc3c3cc(-c4ccc5c6ccccc6n(-c6ccccc6)c5c4)cc1c32. The molecule has 0 fully saturated rings. The van der Waals surface area contributed by atoms with Crippen LogP contribution in [0.5, 0.6) is 0 Å². The Morgan fingerprint density at radius 1 is 0.500 bits per heavy atom. The Bertz CT molecular complexity index is 2690. The minimum atomic E-state index is -0.447.